The molecule has 19 nitrogen and oxygen atoms in total. The van der Waals surface area contributed by atoms with Gasteiger partial charge in [-0.15, -0.1) is 0 Å². The van der Waals surface area contributed by atoms with Crippen molar-refractivity contribution in [2.45, 2.75) is 18.6 Å². The van der Waals surface area contributed by atoms with Crippen LogP contribution < -0.4 is 54.8 Å². The van der Waals surface area contributed by atoms with Crippen LogP contribution in [0.25, 0.3) is 44.3 Å². The Kier molecular flexibility index (Phi) is 16.4. The van der Waals surface area contributed by atoms with Crippen molar-refractivity contribution in [3.05, 3.63) is 142 Å². The van der Waals surface area contributed by atoms with Crippen LogP contribution in [0.3, 0.4) is 0 Å². The number of aromatic nitrogens is 6. The molecular formula is C47H45F3N8O11S. The number of hydrogen-bond donors (Lipinski definition) is 4. The Morgan fingerprint density at radius 3 is 1.50 bits per heavy atom. The minimum atomic E-state index is -5.94. The van der Waals surface area contributed by atoms with Crippen LogP contribution in [0.2, 0.25) is 0 Å². The SMILES string of the molecule is COc1cc(-c2cc3ncccc3c(NCc3ccc(=O)[nH]c3)n2)cc(OC)c1OC.COc1cc(-c2cc3ncccc3c(OS(=O)(=O)C(F)(F)F)n2)cc(OC)c1OC.NCc1ccc(=O)[nH]c1. The number of nitrogens with zero attached hydrogens (tertiary/aromatic N) is 4. The van der Waals surface area contributed by atoms with E-state index in [2.05, 4.69) is 34.4 Å². The van der Waals surface area contributed by atoms with Crippen LogP contribution in [0.15, 0.2) is 119 Å². The van der Waals surface area contributed by atoms with Gasteiger partial charge in [0.15, 0.2) is 23.0 Å². The monoisotopic (exact) mass is 986 g/mol. The largest absolute Gasteiger partial charge is 0.534 e. The predicted octanol–water partition coefficient (Wildman–Crippen LogP) is 7.01. The van der Waals surface area contributed by atoms with E-state index < -0.39 is 21.5 Å². The fraction of sp³-hybridized carbons (Fsp3) is 0.191. The lowest BCUT2D eigenvalue weighted by Gasteiger charge is -2.15. The first-order chi connectivity index (χ1) is 33.6. The third-order valence-corrected chi connectivity index (χ3v) is 10.9. The number of rotatable bonds is 14. The summed E-state index contributed by atoms with van der Waals surface area (Å²) in [6.45, 7) is 0.962. The second kappa shape index (κ2) is 22.6. The summed E-state index contributed by atoms with van der Waals surface area (Å²) in [5, 5.41) is 4.23. The number of pyridine rings is 6. The van der Waals surface area contributed by atoms with Crippen molar-refractivity contribution in [1.82, 2.24) is 29.9 Å². The number of aromatic amines is 2. The molecule has 5 N–H and O–H groups in total. The second-order valence-corrected chi connectivity index (χ2v) is 15.8. The highest BCUT2D eigenvalue weighted by atomic mass is 32.2. The van der Waals surface area contributed by atoms with Gasteiger partial charge in [0.1, 0.15) is 5.82 Å². The summed E-state index contributed by atoms with van der Waals surface area (Å²) in [5.41, 5.74) is 4.18. The molecular weight excluding hydrogens is 942 g/mol. The van der Waals surface area contributed by atoms with Gasteiger partial charge >= 0.3 is 15.6 Å². The number of H-pyrrole nitrogens is 2. The van der Waals surface area contributed by atoms with E-state index >= 15 is 0 Å². The molecule has 0 unspecified atom stereocenters. The van der Waals surface area contributed by atoms with E-state index in [0.29, 0.717) is 53.2 Å². The lowest BCUT2D eigenvalue weighted by molar-refractivity contribution is -0.0500. The molecule has 0 radical (unpaired) electrons. The Labute approximate surface area is 397 Å². The second-order valence-electron chi connectivity index (χ2n) is 14.3. The van der Waals surface area contributed by atoms with Crippen molar-refractivity contribution in [2.75, 3.05) is 48.0 Å². The van der Waals surface area contributed by atoms with Crippen molar-refractivity contribution < 1.29 is 54.2 Å². The van der Waals surface area contributed by atoms with Crippen molar-refractivity contribution in [2.24, 2.45) is 5.73 Å². The van der Waals surface area contributed by atoms with Gasteiger partial charge in [0, 0.05) is 66.5 Å². The highest BCUT2D eigenvalue weighted by Crippen LogP contribution is 2.43. The lowest BCUT2D eigenvalue weighted by atomic mass is 10.1. The molecule has 0 saturated heterocycles. The first-order valence-corrected chi connectivity index (χ1v) is 21.9. The van der Waals surface area contributed by atoms with Crippen LogP contribution in [0, 0.1) is 0 Å². The quantitative estimate of drug-likeness (QED) is 0.0631. The average Bonchev–Trinajstić information content (AvgIpc) is 3.37. The number of ether oxygens (including phenoxy) is 6. The Bertz CT molecular complexity index is 3270. The fourth-order valence-corrected chi connectivity index (χ4v) is 6.96. The molecule has 0 saturated carbocycles. The first kappa shape index (κ1) is 51.0. The van der Waals surface area contributed by atoms with E-state index in [4.69, 9.17) is 39.1 Å². The minimum absolute atomic E-state index is 0.0125. The number of nitrogens with one attached hydrogen (secondary N) is 3. The molecule has 23 heteroatoms. The van der Waals surface area contributed by atoms with E-state index in [9.17, 15) is 31.2 Å². The van der Waals surface area contributed by atoms with E-state index in [0.717, 1.165) is 27.6 Å². The summed E-state index contributed by atoms with van der Waals surface area (Å²) in [6, 6.07) is 23.1. The zero-order valence-corrected chi connectivity index (χ0v) is 39.0. The molecule has 8 aromatic rings. The smallest absolute Gasteiger partial charge is 0.493 e. The number of halogens is 3. The van der Waals surface area contributed by atoms with Gasteiger partial charge in [-0.25, -0.2) is 9.97 Å². The van der Waals surface area contributed by atoms with Crippen molar-refractivity contribution in [1.29, 1.82) is 0 Å². The number of fused-ring (bicyclic) bond motifs is 2. The van der Waals surface area contributed by atoms with Crippen LogP contribution in [0.4, 0.5) is 19.0 Å². The minimum Gasteiger partial charge on any atom is -0.493 e. The summed E-state index contributed by atoms with van der Waals surface area (Å²) in [4.78, 5) is 44.3. The van der Waals surface area contributed by atoms with E-state index in [-0.39, 0.29) is 39.2 Å². The summed E-state index contributed by atoms with van der Waals surface area (Å²) in [6.07, 6.45) is 6.43. The van der Waals surface area contributed by atoms with Crippen LogP contribution in [0.5, 0.6) is 40.4 Å². The lowest BCUT2D eigenvalue weighted by Crippen LogP contribution is -2.28. The Hall–Kier alpha value is -8.44. The molecule has 2 aromatic carbocycles. The molecule has 8 rings (SSSR count). The van der Waals surface area contributed by atoms with Gasteiger partial charge in [-0.1, -0.05) is 12.1 Å². The van der Waals surface area contributed by atoms with Gasteiger partial charge < -0.3 is 53.6 Å². The summed E-state index contributed by atoms with van der Waals surface area (Å²) in [7, 11) is 2.97. The van der Waals surface area contributed by atoms with Gasteiger partial charge in [-0.05, 0) is 71.8 Å². The molecule has 0 spiro atoms. The standard InChI is InChI=1S/C23H22N4O4.C18H15F3N2O6S.C6H8N2O/c1-29-19-9-15(10-20(30-2)22(19)31-3)17-11-18-16(5-4-8-24-18)23(27-17)26-13-14-6-7-21(28)25-12-14;1-26-14-7-10(8-15(27-2)16(14)28-3)12-9-13-11(5-4-6-22-13)17(23-12)29-30(24,25)18(19,20)21;7-3-5-1-2-6(9)8-4-5/h4-12H,13H2,1-3H3,(H,25,28)(H,26,27);4-9H,1-3H3;1-2,4H,3,7H2,(H,8,9). The zero-order chi connectivity index (χ0) is 50.6. The number of methoxy groups -OCH3 is 6. The molecule has 0 aliphatic heterocycles. The summed E-state index contributed by atoms with van der Waals surface area (Å²) < 4.78 is 98.0. The highest BCUT2D eigenvalue weighted by molar-refractivity contribution is 7.88. The molecule has 0 bridgehead atoms. The molecule has 0 aliphatic carbocycles. The van der Waals surface area contributed by atoms with Gasteiger partial charge in [0.2, 0.25) is 28.5 Å². The van der Waals surface area contributed by atoms with Gasteiger partial charge in [-0.2, -0.15) is 21.6 Å². The Morgan fingerprint density at radius 1 is 0.614 bits per heavy atom. The van der Waals surface area contributed by atoms with E-state index in [1.54, 1.807) is 52.1 Å². The molecule has 0 aliphatic rings. The third-order valence-electron chi connectivity index (χ3n) is 9.95. The fourth-order valence-electron chi connectivity index (χ4n) is 6.53. The summed E-state index contributed by atoms with van der Waals surface area (Å²) in [5.74, 6) is 2.34. The molecule has 0 fully saturated rings. The third kappa shape index (κ3) is 12.0. The molecule has 6 heterocycles. The molecule has 366 valence electrons. The number of anilines is 1. The van der Waals surface area contributed by atoms with Crippen LogP contribution >= 0.6 is 0 Å². The van der Waals surface area contributed by atoms with Crippen LogP contribution in [-0.2, 0) is 23.2 Å². The maximum absolute atomic E-state index is 12.8. The zero-order valence-electron chi connectivity index (χ0n) is 38.2. The van der Waals surface area contributed by atoms with Crippen molar-refractivity contribution in [3.8, 4) is 62.9 Å². The number of hydrogen-bond acceptors (Lipinski definition) is 17. The number of alkyl halides is 3. The van der Waals surface area contributed by atoms with Crippen LogP contribution in [0.1, 0.15) is 11.1 Å². The van der Waals surface area contributed by atoms with Crippen molar-refractivity contribution in [3.63, 3.8) is 0 Å². The Balaban J connectivity index is 0.000000195. The van der Waals surface area contributed by atoms with E-state index in [1.807, 2.05) is 30.3 Å². The van der Waals surface area contributed by atoms with Crippen LogP contribution in [-0.4, -0.2) is 86.5 Å². The maximum Gasteiger partial charge on any atom is 0.534 e. The Morgan fingerprint density at radius 2 is 1.07 bits per heavy atom. The highest BCUT2D eigenvalue weighted by Gasteiger charge is 2.49. The molecule has 0 amide bonds. The topological polar surface area (TPSA) is 254 Å². The summed E-state index contributed by atoms with van der Waals surface area (Å²) >= 11 is 0. The number of nitrogens with two attached hydrogens (primary N) is 1. The predicted molar refractivity (Wildman–Crippen MR) is 254 cm³/mol. The van der Waals surface area contributed by atoms with Gasteiger partial charge in [0.25, 0.3) is 0 Å². The van der Waals surface area contributed by atoms with Gasteiger partial charge in [-0.3, -0.25) is 19.6 Å². The number of benzene rings is 2. The molecule has 0 atom stereocenters. The first-order valence-electron chi connectivity index (χ1n) is 20.5. The van der Waals surface area contributed by atoms with Gasteiger partial charge in [0.05, 0.1) is 70.5 Å². The molecule has 6 aromatic heterocycles. The van der Waals surface area contributed by atoms with Crippen molar-refractivity contribution >= 4 is 37.7 Å². The molecule has 70 heavy (non-hydrogen) atoms. The maximum atomic E-state index is 12.8. The average molecular weight is 987 g/mol. The van der Waals surface area contributed by atoms with E-state index in [1.165, 1.54) is 70.0 Å². The normalized spacial score (nSPS) is 11.1.